The fraction of sp³-hybridized carbons (Fsp3) is 0.294. The molecular weight excluding hydrogens is 325 g/mol. The van der Waals surface area contributed by atoms with Crippen molar-refractivity contribution >= 4 is 5.91 Å². The molecule has 1 aromatic carbocycles. The SMILES string of the molecule is O=C(c1ccc(F)cc1)N1CCCC(c2nc(-c3ncc[nH]3)no2)C1. The number of nitrogens with one attached hydrogen (secondary N) is 1. The van der Waals surface area contributed by atoms with Gasteiger partial charge in [0, 0.05) is 31.0 Å². The number of imidazole rings is 1. The fourth-order valence-electron chi connectivity index (χ4n) is 3.02. The number of rotatable bonds is 3. The molecule has 25 heavy (non-hydrogen) atoms. The molecule has 1 saturated heterocycles. The second-order valence-corrected chi connectivity index (χ2v) is 5.99. The lowest BCUT2D eigenvalue weighted by Crippen LogP contribution is -2.39. The van der Waals surface area contributed by atoms with Gasteiger partial charge in [-0.1, -0.05) is 5.16 Å². The lowest BCUT2D eigenvalue weighted by atomic mass is 9.97. The van der Waals surface area contributed by atoms with Gasteiger partial charge in [-0.2, -0.15) is 4.98 Å². The molecule has 1 unspecified atom stereocenters. The first-order chi connectivity index (χ1) is 12.2. The van der Waals surface area contributed by atoms with Crippen LogP contribution in [0.25, 0.3) is 11.6 Å². The summed E-state index contributed by atoms with van der Waals surface area (Å²) < 4.78 is 18.4. The Morgan fingerprint density at radius 1 is 1.32 bits per heavy atom. The Labute approximate surface area is 142 Å². The van der Waals surface area contributed by atoms with Gasteiger partial charge in [-0.25, -0.2) is 9.37 Å². The van der Waals surface area contributed by atoms with Crippen LogP contribution in [-0.2, 0) is 0 Å². The summed E-state index contributed by atoms with van der Waals surface area (Å²) in [6, 6.07) is 5.59. The van der Waals surface area contributed by atoms with Crippen molar-refractivity contribution in [3.8, 4) is 11.6 Å². The highest BCUT2D eigenvalue weighted by Crippen LogP contribution is 2.27. The third kappa shape index (κ3) is 3.15. The molecule has 128 valence electrons. The zero-order chi connectivity index (χ0) is 17.2. The smallest absolute Gasteiger partial charge is 0.253 e. The molecule has 1 fully saturated rings. The molecule has 1 N–H and O–H groups in total. The summed E-state index contributed by atoms with van der Waals surface area (Å²) in [6.45, 7) is 1.15. The molecule has 0 radical (unpaired) electrons. The maximum Gasteiger partial charge on any atom is 0.253 e. The predicted octanol–water partition coefficient (Wildman–Crippen LogP) is 2.62. The second kappa shape index (κ2) is 6.46. The minimum atomic E-state index is -0.357. The van der Waals surface area contributed by atoms with Gasteiger partial charge in [0.25, 0.3) is 5.91 Å². The Balaban J connectivity index is 1.49. The number of amides is 1. The Bertz CT molecular complexity index is 860. The number of hydrogen-bond acceptors (Lipinski definition) is 5. The first-order valence-corrected chi connectivity index (χ1v) is 8.09. The number of hydrogen-bond donors (Lipinski definition) is 1. The summed E-state index contributed by atoms with van der Waals surface area (Å²) in [5.74, 6) is 0.962. The summed E-state index contributed by atoms with van der Waals surface area (Å²) >= 11 is 0. The highest BCUT2D eigenvalue weighted by atomic mass is 19.1. The van der Waals surface area contributed by atoms with Crippen LogP contribution in [-0.4, -0.2) is 44.0 Å². The van der Waals surface area contributed by atoms with E-state index in [1.54, 1.807) is 17.3 Å². The van der Waals surface area contributed by atoms with Crippen molar-refractivity contribution in [2.45, 2.75) is 18.8 Å². The number of carbonyl (C=O) groups is 1. The van der Waals surface area contributed by atoms with Crippen molar-refractivity contribution in [2.24, 2.45) is 0 Å². The summed E-state index contributed by atoms with van der Waals surface area (Å²) in [5.41, 5.74) is 0.476. The van der Waals surface area contributed by atoms with Gasteiger partial charge >= 0.3 is 0 Å². The summed E-state index contributed by atoms with van der Waals surface area (Å²) in [6.07, 6.45) is 5.02. The Morgan fingerprint density at radius 2 is 2.16 bits per heavy atom. The molecular formula is C17H16FN5O2. The van der Waals surface area contributed by atoms with Crippen LogP contribution < -0.4 is 0 Å². The van der Waals surface area contributed by atoms with Gasteiger partial charge in [-0.15, -0.1) is 0 Å². The lowest BCUT2D eigenvalue weighted by Gasteiger charge is -2.31. The van der Waals surface area contributed by atoms with Gasteiger partial charge in [0.15, 0.2) is 5.82 Å². The fourth-order valence-corrected chi connectivity index (χ4v) is 3.02. The number of piperidine rings is 1. The van der Waals surface area contributed by atoms with Crippen LogP contribution in [0.5, 0.6) is 0 Å². The minimum Gasteiger partial charge on any atom is -0.342 e. The predicted molar refractivity (Wildman–Crippen MR) is 86.2 cm³/mol. The number of likely N-dealkylation sites (tertiary alicyclic amines) is 1. The first kappa shape index (κ1) is 15.5. The molecule has 7 nitrogen and oxygen atoms in total. The van der Waals surface area contributed by atoms with Crippen LogP contribution in [0.15, 0.2) is 41.2 Å². The van der Waals surface area contributed by atoms with Gasteiger partial charge in [0.1, 0.15) is 5.82 Å². The van der Waals surface area contributed by atoms with E-state index in [4.69, 9.17) is 4.52 Å². The summed E-state index contributed by atoms with van der Waals surface area (Å²) in [5, 5.41) is 3.95. The normalized spacial score (nSPS) is 17.6. The summed E-state index contributed by atoms with van der Waals surface area (Å²) in [4.78, 5) is 25.8. The molecule has 8 heteroatoms. The zero-order valence-electron chi connectivity index (χ0n) is 13.4. The van der Waals surface area contributed by atoms with Crippen molar-refractivity contribution in [1.82, 2.24) is 25.0 Å². The largest absolute Gasteiger partial charge is 0.342 e. The van der Waals surface area contributed by atoms with E-state index in [9.17, 15) is 9.18 Å². The average molecular weight is 341 g/mol. The Hall–Kier alpha value is -3.03. The molecule has 3 heterocycles. The molecule has 1 aliphatic heterocycles. The quantitative estimate of drug-likeness (QED) is 0.791. The van der Waals surface area contributed by atoms with E-state index in [1.165, 1.54) is 24.3 Å². The second-order valence-electron chi connectivity index (χ2n) is 5.99. The highest BCUT2D eigenvalue weighted by Gasteiger charge is 2.29. The Morgan fingerprint density at radius 3 is 2.92 bits per heavy atom. The monoisotopic (exact) mass is 341 g/mol. The van der Waals surface area contributed by atoms with Crippen LogP contribution in [0.1, 0.15) is 35.0 Å². The molecule has 1 amide bonds. The number of aromatic amines is 1. The van der Waals surface area contributed by atoms with Gasteiger partial charge in [-0.3, -0.25) is 4.79 Å². The lowest BCUT2D eigenvalue weighted by molar-refractivity contribution is 0.0695. The number of benzene rings is 1. The molecule has 0 aliphatic carbocycles. The van der Waals surface area contributed by atoms with Crippen LogP contribution in [0, 0.1) is 5.82 Å². The molecule has 3 aromatic rings. The van der Waals surface area contributed by atoms with Crippen molar-refractivity contribution in [3.63, 3.8) is 0 Å². The van der Waals surface area contributed by atoms with E-state index in [1.807, 2.05) is 0 Å². The van der Waals surface area contributed by atoms with E-state index in [2.05, 4.69) is 20.1 Å². The van der Waals surface area contributed by atoms with Crippen LogP contribution in [0.3, 0.4) is 0 Å². The van der Waals surface area contributed by atoms with E-state index >= 15 is 0 Å². The van der Waals surface area contributed by atoms with E-state index in [0.29, 0.717) is 36.2 Å². The summed E-state index contributed by atoms with van der Waals surface area (Å²) in [7, 11) is 0. The zero-order valence-corrected chi connectivity index (χ0v) is 13.4. The Kier molecular flexibility index (Phi) is 4.01. The van der Waals surface area contributed by atoms with E-state index in [0.717, 1.165) is 12.8 Å². The highest BCUT2D eigenvalue weighted by molar-refractivity contribution is 5.94. The third-order valence-electron chi connectivity index (χ3n) is 4.30. The van der Waals surface area contributed by atoms with Crippen LogP contribution >= 0.6 is 0 Å². The van der Waals surface area contributed by atoms with Gasteiger partial charge in [0.05, 0.1) is 5.92 Å². The van der Waals surface area contributed by atoms with Crippen LogP contribution in [0.2, 0.25) is 0 Å². The third-order valence-corrected chi connectivity index (χ3v) is 4.30. The van der Waals surface area contributed by atoms with E-state index in [-0.39, 0.29) is 17.6 Å². The van der Waals surface area contributed by atoms with Gasteiger partial charge < -0.3 is 14.4 Å². The maximum atomic E-state index is 13.0. The molecule has 1 aliphatic rings. The maximum absolute atomic E-state index is 13.0. The number of carbonyl (C=O) groups excluding carboxylic acids is 1. The van der Waals surface area contributed by atoms with Crippen molar-refractivity contribution < 1.29 is 13.7 Å². The standard InChI is InChI=1S/C17H16FN5O2/c18-13-5-3-11(4-6-13)17(24)23-9-1-2-12(10-23)16-21-15(22-25-16)14-19-7-8-20-14/h3-8,12H,1-2,9-10H2,(H,19,20). The molecule has 0 spiro atoms. The molecule has 4 rings (SSSR count). The number of nitrogens with zero attached hydrogens (tertiary/aromatic N) is 4. The van der Waals surface area contributed by atoms with Gasteiger partial charge in [0.2, 0.25) is 11.7 Å². The molecule has 0 saturated carbocycles. The first-order valence-electron chi connectivity index (χ1n) is 8.09. The van der Waals surface area contributed by atoms with E-state index < -0.39 is 0 Å². The topological polar surface area (TPSA) is 87.9 Å². The molecule has 0 bridgehead atoms. The number of halogens is 1. The number of aromatic nitrogens is 4. The molecule has 2 aromatic heterocycles. The van der Waals surface area contributed by atoms with Gasteiger partial charge in [-0.05, 0) is 37.1 Å². The minimum absolute atomic E-state index is 0.0191. The van der Waals surface area contributed by atoms with Crippen LogP contribution in [0.4, 0.5) is 4.39 Å². The average Bonchev–Trinajstić information content (AvgIpc) is 3.33. The molecule has 1 atom stereocenters. The van der Waals surface area contributed by atoms with Crippen molar-refractivity contribution in [2.75, 3.05) is 13.1 Å². The number of H-pyrrole nitrogens is 1. The van der Waals surface area contributed by atoms with Crippen molar-refractivity contribution in [3.05, 3.63) is 53.9 Å². The van der Waals surface area contributed by atoms with Crippen molar-refractivity contribution in [1.29, 1.82) is 0 Å².